The van der Waals surface area contributed by atoms with Crippen LogP contribution in [0.2, 0.25) is 0 Å². The fourth-order valence-corrected chi connectivity index (χ4v) is 3.60. The molecule has 1 aliphatic heterocycles. The molecule has 26 heavy (non-hydrogen) atoms. The average molecular weight is 344 g/mol. The lowest BCUT2D eigenvalue weighted by atomic mass is 10.1. The van der Waals surface area contributed by atoms with Crippen molar-refractivity contribution in [3.63, 3.8) is 0 Å². The van der Waals surface area contributed by atoms with Crippen LogP contribution in [0.1, 0.15) is 36.9 Å². The van der Waals surface area contributed by atoms with Crippen molar-refractivity contribution in [3.05, 3.63) is 89.3 Å². The standard InChI is InChI=1S/C23H24N2O/c1-4-17-10-12-18(13-11-17)20-14-15-21(26-20)23-24-16(2)22(25(23)3)19-8-6-5-7-9-19/h5-15,23-24H,4H2,1-3H3. The molecule has 0 spiro atoms. The summed E-state index contributed by atoms with van der Waals surface area (Å²) >= 11 is 0. The molecular weight excluding hydrogens is 320 g/mol. The SMILES string of the molecule is CCc1ccc(-c2ccc(C3NC(C)=C(c4ccccc4)N3C)o2)cc1. The number of rotatable bonds is 4. The summed E-state index contributed by atoms with van der Waals surface area (Å²) in [5.74, 6) is 1.83. The van der Waals surface area contributed by atoms with E-state index >= 15 is 0 Å². The van der Waals surface area contributed by atoms with Gasteiger partial charge in [-0.05, 0) is 36.6 Å². The summed E-state index contributed by atoms with van der Waals surface area (Å²) < 4.78 is 6.20. The van der Waals surface area contributed by atoms with Crippen LogP contribution in [0.15, 0.2) is 76.8 Å². The minimum atomic E-state index is 0.00821. The Hall–Kier alpha value is -2.94. The molecule has 0 amide bonds. The summed E-state index contributed by atoms with van der Waals surface area (Å²) in [5.41, 5.74) is 6.03. The average Bonchev–Trinajstić information content (AvgIpc) is 3.27. The van der Waals surface area contributed by atoms with E-state index in [1.807, 2.05) is 6.07 Å². The molecular formula is C23H24N2O. The summed E-state index contributed by atoms with van der Waals surface area (Å²) in [4.78, 5) is 2.24. The number of aryl methyl sites for hydroxylation is 1. The van der Waals surface area contributed by atoms with Gasteiger partial charge < -0.3 is 14.6 Å². The Morgan fingerprint density at radius 1 is 0.923 bits per heavy atom. The van der Waals surface area contributed by atoms with Gasteiger partial charge in [0.25, 0.3) is 0 Å². The molecule has 2 heterocycles. The number of hydrogen-bond acceptors (Lipinski definition) is 3. The van der Waals surface area contributed by atoms with Crippen LogP contribution in [0.25, 0.3) is 17.0 Å². The first-order valence-electron chi connectivity index (χ1n) is 9.12. The molecule has 3 aromatic rings. The second kappa shape index (κ2) is 6.75. The van der Waals surface area contributed by atoms with Crippen molar-refractivity contribution in [2.45, 2.75) is 26.4 Å². The van der Waals surface area contributed by atoms with Gasteiger partial charge >= 0.3 is 0 Å². The first kappa shape index (κ1) is 16.5. The van der Waals surface area contributed by atoms with E-state index in [0.29, 0.717) is 0 Å². The molecule has 3 heteroatoms. The number of nitrogens with zero attached hydrogens (tertiary/aromatic N) is 1. The van der Waals surface area contributed by atoms with Crippen molar-refractivity contribution in [3.8, 4) is 11.3 Å². The first-order valence-corrected chi connectivity index (χ1v) is 9.12. The lowest BCUT2D eigenvalue weighted by Gasteiger charge is -2.23. The zero-order chi connectivity index (χ0) is 18.1. The fourth-order valence-electron chi connectivity index (χ4n) is 3.60. The van der Waals surface area contributed by atoms with Gasteiger partial charge in [0.15, 0.2) is 6.17 Å². The van der Waals surface area contributed by atoms with E-state index in [-0.39, 0.29) is 6.17 Å². The highest BCUT2D eigenvalue weighted by atomic mass is 16.3. The maximum atomic E-state index is 6.20. The summed E-state index contributed by atoms with van der Waals surface area (Å²) in [6.07, 6.45) is 1.06. The van der Waals surface area contributed by atoms with Crippen LogP contribution < -0.4 is 5.32 Å². The van der Waals surface area contributed by atoms with Crippen molar-refractivity contribution in [1.82, 2.24) is 10.2 Å². The van der Waals surface area contributed by atoms with Gasteiger partial charge in [-0.1, -0.05) is 61.5 Å². The van der Waals surface area contributed by atoms with Crippen LogP contribution in [-0.2, 0) is 6.42 Å². The van der Waals surface area contributed by atoms with Gasteiger partial charge in [0, 0.05) is 18.3 Å². The predicted molar refractivity (Wildman–Crippen MR) is 106 cm³/mol. The van der Waals surface area contributed by atoms with Crippen molar-refractivity contribution < 1.29 is 4.42 Å². The maximum absolute atomic E-state index is 6.20. The van der Waals surface area contributed by atoms with E-state index in [1.165, 1.54) is 16.8 Å². The molecule has 1 aromatic heterocycles. The van der Waals surface area contributed by atoms with E-state index in [1.54, 1.807) is 0 Å². The summed E-state index contributed by atoms with van der Waals surface area (Å²) in [7, 11) is 2.11. The molecule has 0 aliphatic carbocycles. The number of benzene rings is 2. The Bertz CT molecular complexity index is 922. The van der Waals surface area contributed by atoms with Gasteiger partial charge in [-0.15, -0.1) is 0 Å². The Balaban J connectivity index is 1.59. The zero-order valence-corrected chi connectivity index (χ0v) is 15.5. The zero-order valence-electron chi connectivity index (χ0n) is 15.5. The van der Waals surface area contributed by atoms with E-state index in [4.69, 9.17) is 4.42 Å². The Morgan fingerprint density at radius 3 is 2.35 bits per heavy atom. The Labute approximate surface area is 155 Å². The van der Waals surface area contributed by atoms with E-state index in [2.05, 4.69) is 91.8 Å². The number of allylic oxidation sites excluding steroid dienone is 1. The smallest absolute Gasteiger partial charge is 0.159 e. The molecule has 1 unspecified atom stereocenters. The molecule has 3 nitrogen and oxygen atoms in total. The molecule has 0 fully saturated rings. The van der Waals surface area contributed by atoms with Crippen LogP contribution in [0.5, 0.6) is 0 Å². The molecule has 1 atom stereocenters. The number of nitrogens with one attached hydrogen (secondary N) is 1. The van der Waals surface area contributed by atoms with E-state index in [9.17, 15) is 0 Å². The molecule has 0 bridgehead atoms. The Morgan fingerprint density at radius 2 is 1.65 bits per heavy atom. The molecule has 0 radical (unpaired) electrons. The Kier molecular flexibility index (Phi) is 4.29. The highest BCUT2D eigenvalue weighted by Crippen LogP contribution is 2.36. The molecule has 0 saturated heterocycles. The highest BCUT2D eigenvalue weighted by molar-refractivity contribution is 5.69. The number of furan rings is 1. The van der Waals surface area contributed by atoms with Crippen LogP contribution in [0, 0.1) is 0 Å². The van der Waals surface area contributed by atoms with Crippen LogP contribution >= 0.6 is 0 Å². The molecule has 0 saturated carbocycles. The topological polar surface area (TPSA) is 28.4 Å². The number of hydrogen-bond donors (Lipinski definition) is 1. The third-order valence-electron chi connectivity index (χ3n) is 5.04. The summed E-state index contributed by atoms with van der Waals surface area (Å²) in [6, 6.07) is 23.2. The minimum absolute atomic E-state index is 0.00821. The predicted octanol–water partition coefficient (Wildman–Crippen LogP) is 5.43. The summed E-state index contributed by atoms with van der Waals surface area (Å²) in [5, 5.41) is 3.56. The second-order valence-corrected chi connectivity index (χ2v) is 6.75. The third kappa shape index (κ3) is 2.90. The fraction of sp³-hybridized carbons (Fsp3) is 0.217. The largest absolute Gasteiger partial charge is 0.457 e. The van der Waals surface area contributed by atoms with Crippen LogP contribution in [0.3, 0.4) is 0 Å². The third-order valence-corrected chi connectivity index (χ3v) is 5.04. The van der Waals surface area contributed by atoms with Crippen molar-refractivity contribution in [2.75, 3.05) is 7.05 Å². The van der Waals surface area contributed by atoms with E-state index in [0.717, 1.165) is 29.2 Å². The van der Waals surface area contributed by atoms with Gasteiger partial charge in [-0.3, -0.25) is 0 Å². The van der Waals surface area contributed by atoms with Crippen molar-refractivity contribution in [1.29, 1.82) is 0 Å². The second-order valence-electron chi connectivity index (χ2n) is 6.75. The molecule has 132 valence electrons. The first-order chi connectivity index (χ1) is 12.7. The highest BCUT2D eigenvalue weighted by Gasteiger charge is 2.30. The minimum Gasteiger partial charge on any atom is -0.457 e. The summed E-state index contributed by atoms with van der Waals surface area (Å²) in [6.45, 7) is 4.29. The van der Waals surface area contributed by atoms with Gasteiger partial charge in [-0.25, -0.2) is 0 Å². The van der Waals surface area contributed by atoms with Crippen molar-refractivity contribution >= 4 is 5.70 Å². The van der Waals surface area contributed by atoms with E-state index < -0.39 is 0 Å². The van der Waals surface area contributed by atoms with Gasteiger partial charge in [0.1, 0.15) is 11.5 Å². The van der Waals surface area contributed by atoms with Crippen LogP contribution in [0.4, 0.5) is 0 Å². The lowest BCUT2D eigenvalue weighted by molar-refractivity contribution is 0.298. The maximum Gasteiger partial charge on any atom is 0.159 e. The van der Waals surface area contributed by atoms with Gasteiger partial charge in [0.2, 0.25) is 0 Å². The molecule has 4 rings (SSSR count). The van der Waals surface area contributed by atoms with Crippen molar-refractivity contribution in [2.24, 2.45) is 0 Å². The molecule has 2 aromatic carbocycles. The van der Waals surface area contributed by atoms with Gasteiger partial charge in [-0.2, -0.15) is 0 Å². The monoisotopic (exact) mass is 344 g/mol. The molecule has 1 aliphatic rings. The van der Waals surface area contributed by atoms with Gasteiger partial charge in [0.05, 0.1) is 5.70 Å². The quantitative estimate of drug-likeness (QED) is 0.684. The van der Waals surface area contributed by atoms with Crippen LogP contribution in [-0.4, -0.2) is 11.9 Å². The lowest BCUT2D eigenvalue weighted by Crippen LogP contribution is -2.25. The normalized spacial score (nSPS) is 16.9. The molecule has 1 N–H and O–H groups in total.